The summed E-state index contributed by atoms with van der Waals surface area (Å²) < 4.78 is 25.7. The minimum absolute atomic E-state index is 0.106. The number of carbonyl (C=O) groups is 4. The van der Waals surface area contributed by atoms with Crippen molar-refractivity contribution in [3.05, 3.63) is 65.2 Å². The number of nitrogens with two attached hydrogens (primary N) is 1. The van der Waals surface area contributed by atoms with Gasteiger partial charge < -0.3 is 27.0 Å². The minimum Gasteiger partial charge on any atom is -0.368 e. The number of nitrogens with zero attached hydrogens (tertiary/aromatic N) is 1. The molecule has 13 heteroatoms. The molecular formula is C32H48N6O6S. The van der Waals surface area contributed by atoms with Gasteiger partial charge >= 0.3 is 0 Å². The van der Waals surface area contributed by atoms with Crippen LogP contribution in [0.5, 0.6) is 0 Å². The van der Waals surface area contributed by atoms with Crippen molar-refractivity contribution < 1.29 is 27.6 Å². The molecule has 6 N–H and O–H groups in total. The number of primary amides is 1. The summed E-state index contributed by atoms with van der Waals surface area (Å²) in [5.41, 5.74) is 6.70. The van der Waals surface area contributed by atoms with Crippen molar-refractivity contribution in [1.82, 2.24) is 21.3 Å². The molecule has 0 saturated carbocycles. The molecule has 0 radical (unpaired) electrons. The maximum Gasteiger partial charge on any atom is 0.251 e. The molecule has 248 valence electrons. The molecule has 45 heavy (non-hydrogen) atoms. The van der Waals surface area contributed by atoms with Crippen molar-refractivity contribution in [2.75, 3.05) is 24.2 Å². The van der Waals surface area contributed by atoms with E-state index < -0.39 is 51.8 Å². The Bertz CT molecular complexity index is 1430. The highest BCUT2D eigenvalue weighted by Gasteiger charge is 2.25. The molecule has 4 amide bonds. The van der Waals surface area contributed by atoms with E-state index in [1.54, 1.807) is 20.8 Å². The molecule has 4 atom stereocenters. The van der Waals surface area contributed by atoms with Gasteiger partial charge in [-0.3, -0.25) is 23.5 Å². The monoisotopic (exact) mass is 644 g/mol. The summed E-state index contributed by atoms with van der Waals surface area (Å²) in [7, 11) is -2.34. The summed E-state index contributed by atoms with van der Waals surface area (Å²) >= 11 is 0. The Balaban J connectivity index is 2.28. The number of hydrogen-bond acceptors (Lipinski definition) is 7. The van der Waals surface area contributed by atoms with Crippen molar-refractivity contribution >= 4 is 39.3 Å². The van der Waals surface area contributed by atoms with Crippen LogP contribution in [0, 0.1) is 5.92 Å². The average molecular weight is 645 g/mol. The zero-order valence-corrected chi connectivity index (χ0v) is 28.0. The Labute approximate surface area is 266 Å². The van der Waals surface area contributed by atoms with Crippen LogP contribution < -0.4 is 31.3 Å². The number of carbonyl (C=O) groups excluding carboxylic acids is 4. The lowest BCUT2D eigenvalue weighted by Crippen LogP contribution is -2.54. The van der Waals surface area contributed by atoms with E-state index >= 15 is 0 Å². The molecule has 0 unspecified atom stereocenters. The van der Waals surface area contributed by atoms with Crippen molar-refractivity contribution in [1.29, 1.82) is 0 Å². The summed E-state index contributed by atoms with van der Waals surface area (Å²) in [6.45, 7) is 9.31. The van der Waals surface area contributed by atoms with Gasteiger partial charge in [0.05, 0.1) is 24.0 Å². The van der Waals surface area contributed by atoms with Crippen LogP contribution >= 0.6 is 0 Å². The first-order valence-electron chi connectivity index (χ1n) is 15.1. The van der Waals surface area contributed by atoms with Crippen LogP contribution in [0.2, 0.25) is 0 Å². The smallest absolute Gasteiger partial charge is 0.251 e. The second-order valence-electron chi connectivity index (χ2n) is 11.7. The lowest BCUT2D eigenvalue weighted by Gasteiger charge is -2.25. The number of amides is 4. The van der Waals surface area contributed by atoms with E-state index in [9.17, 15) is 27.6 Å². The second kappa shape index (κ2) is 16.9. The lowest BCUT2D eigenvalue weighted by atomic mass is 10.0. The summed E-state index contributed by atoms with van der Waals surface area (Å²) in [5, 5.41) is 11.7. The van der Waals surface area contributed by atoms with Crippen LogP contribution in [0.4, 0.5) is 5.69 Å². The maximum absolute atomic E-state index is 13.6. The first-order chi connectivity index (χ1) is 21.0. The zero-order valence-electron chi connectivity index (χ0n) is 27.2. The molecule has 0 aromatic heterocycles. The fourth-order valence-corrected chi connectivity index (χ4v) is 5.04. The summed E-state index contributed by atoms with van der Waals surface area (Å²) in [6.07, 6.45) is 3.31. The maximum atomic E-state index is 13.6. The van der Waals surface area contributed by atoms with Gasteiger partial charge in [-0.25, -0.2) is 8.42 Å². The Kier molecular flexibility index (Phi) is 14.0. The number of hydrogen-bond donors (Lipinski definition) is 5. The van der Waals surface area contributed by atoms with E-state index in [0.717, 1.165) is 29.0 Å². The first-order valence-corrected chi connectivity index (χ1v) is 17.0. The number of unbranched alkanes of at least 4 members (excludes halogenated alkanes) is 1. The summed E-state index contributed by atoms with van der Waals surface area (Å²) in [6, 6.07) is 11.4. The molecule has 2 aromatic carbocycles. The van der Waals surface area contributed by atoms with Gasteiger partial charge in [0.15, 0.2) is 0 Å². The van der Waals surface area contributed by atoms with Gasteiger partial charge in [0.2, 0.25) is 21.8 Å². The Morgan fingerprint density at radius 2 is 1.47 bits per heavy atom. The van der Waals surface area contributed by atoms with E-state index in [0.29, 0.717) is 6.42 Å². The SMILES string of the molecule is CCCC[C@@H](CN[C@@H](C)C(=O)N[C@H](C(N)=O)C(C)C)NC(=O)c1cc(C(=O)N[C@H](C)c2ccccc2)cc(N(C)S(C)(=O)=O)c1. The van der Waals surface area contributed by atoms with Gasteiger partial charge in [0.25, 0.3) is 11.8 Å². The van der Waals surface area contributed by atoms with Gasteiger partial charge in [0.1, 0.15) is 6.04 Å². The molecule has 0 fully saturated rings. The molecule has 0 bridgehead atoms. The Morgan fingerprint density at radius 3 is 1.98 bits per heavy atom. The standard InChI is InChI=1S/C32H48N6O6S/c1-8-9-15-26(19-34-22(5)30(40)37-28(20(2)3)29(33)39)36-32(42)25-16-24(17-27(18-25)38(6)45(7,43)44)31(41)35-21(4)23-13-11-10-12-14-23/h10-14,16-18,20-22,26,28,34H,8-9,15,19H2,1-7H3,(H2,33,39)(H,35,41)(H,36,42)(H,37,40)/t21-,22+,26+,28+/m1/s1. The number of rotatable bonds is 17. The molecule has 0 saturated heterocycles. The third-order valence-electron chi connectivity index (χ3n) is 7.53. The number of sulfonamides is 1. The normalized spacial score (nSPS) is 14.1. The van der Waals surface area contributed by atoms with Gasteiger partial charge in [-0.05, 0) is 49.9 Å². The first kappa shape index (κ1) is 37.2. The van der Waals surface area contributed by atoms with Crippen LogP contribution in [0.1, 0.15) is 86.2 Å². The fraction of sp³-hybridized carbons (Fsp3) is 0.500. The van der Waals surface area contributed by atoms with Crippen LogP contribution in [0.15, 0.2) is 48.5 Å². The topological polar surface area (TPSA) is 180 Å². The lowest BCUT2D eigenvalue weighted by molar-refractivity contribution is -0.129. The highest BCUT2D eigenvalue weighted by Crippen LogP contribution is 2.22. The van der Waals surface area contributed by atoms with Gasteiger partial charge in [-0.15, -0.1) is 0 Å². The molecule has 0 aliphatic rings. The Morgan fingerprint density at radius 1 is 0.889 bits per heavy atom. The van der Waals surface area contributed by atoms with E-state index in [-0.39, 0.29) is 35.3 Å². The van der Waals surface area contributed by atoms with Crippen molar-refractivity contribution in [3.63, 3.8) is 0 Å². The number of anilines is 1. The van der Waals surface area contributed by atoms with Crippen LogP contribution in [0.3, 0.4) is 0 Å². The van der Waals surface area contributed by atoms with Crippen molar-refractivity contribution in [3.8, 4) is 0 Å². The molecule has 2 rings (SSSR count). The van der Waals surface area contributed by atoms with E-state index in [1.165, 1.54) is 25.2 Å². The Hall–Kier alpha value is -3.97. The van der Waals surface area contributed by atoms with E-state index in [4.69, 9.17) is 5.73 Å². The average Bonchev–Trinajstić information content (AvgIpc) is 2.99. The zero-order chi connectivity index (χ0) is 33.9. The van der Waals surface area contributed by atoms with Crippen LogP contribution in [-0.2, 0) is 19.6 Å². The third-order valence-corrected chi connectivity index (χ3v) is 8.73. The predicted octanol–water partition coefficient (Wildman–Crippen LogP) is 2.47. The van der Waals surface area contributed by atoms with E-state index in [1.807, 2.05) is 44.2 Å². The summed E-state index contributed by atoms with van der Waals surface area (Å²) in [5.74, 6) is -2.17. The molecule has 0 aliphatic heterocycles. The van der Waals surface area contributed by atoms with Crippen molar-refractivity contribution in [2.45, 2.75) is 78.0 Å². The third kappa shape index (κ3) is 11.5. The van der Waals surface area contributed by atoms with Gasteiger partial charge in [-0.2, -0.15) is 0 Å². The fourth-order valence-electron chi connectivity index (χ4n) is 4.55. The van der Waals surface area contributed by atoms with Gasteiger partial charge in [-0.1, -0.05) is 63.9 Å². The minimum atomic E-state index is -3.69. The van der Waals surface area contributed by atoms with Gasteiger partial charge in [0, 0.05) is 30.8 Å². The number of nitrogens with one attached hydrogen (secondary N) is 4. The number of benzene rings is 2. The van der Waals surface area contributed by atoms with Crippen LogP contribution in [0.25, 0.3) is 0 Å². The van der Waals surface area contributed by atoms with E-state index in [2.05, 4.69) is 21.3 Å². The summed E-state index contributed by atoms with van der Waals surface area (Å²) in [4.78, 5) is 51.3. The highest BCUT2D eigenvalue weighted by atomic mass is 32.2. The molecule has 0 spiro atoms. The molecule has 0 aliphatic carbocycles. The molecule has 2 aromatic rings. The largest absolute Gasteiger partial charge is 0.368 e. The molecular weight excluding hydrogens is 596 g/mol. The molecule has 12 nitrogen and oxygen atoms in total. The molecule has 0 heterocycles. The quantitative estimate of drug-likeness (QED) is 0.175. The highest BCUT2D eigenvalue weighted by molar-refractivity contribution is 7.92. The predicted molar refractivity (Wildman–Crippen MR) is 176 cm³/mol. The van der Waals surface area contributed by atoms with Crippen molar-refractivity contribution in [2.24, 2.45) is 11.7 Å². The van der Waals surface area contributed by atoms with Crippen LogP contribution in [-0.4, -0.2) is 70.0 Å². The second-order valence-corrected chi connectivity index (χ2v) is 13.7.